The van der Waals surface area contributed by atoms with Crippen molar-refractivity contribution >= 4 is 11.6 Å². The Balaban J connectivity index is 2.24. The number of halogens is 1. The Labute approximate surface area is 103 Å². The summed E-state index contributed by atoms with van der Waals surface area (Å²) in [5, 5.41) is 15.2. The summed E-state index contributed by atoms with van der Waals surface area (Å²) in [5.74, 6) is 5.51. The standard InChI is InChI=1S/C9H14ClN7/c1-5-9(10)8(17(2)15-5)3-6(13-11)7-4-12-16-14-7/h4,6,13H,3,11H2,1-2H3,(H,12,14,16). The Morgan fingerprint density at radius 3 is 2.88 bits per heavy atom. The molecule has 0 spiro atoms. The molecule has 2 heterocycles. The van der Waals surface area contributed by atoms with Crippen LogP contribution in [0.1, 0.15) is 23.1 Å². The number of hydrazine groups is 1. The summed E-state index contributed by atoms with van der Waals surface area (Å²) in [4.78, 5) is 0. The largest absolute Gasteiger partial charge is 0.271 e. The molecule has 17 heavy (non-hydrogen) atoms. The monoisotopic (exact) mass is 255 g/mol. The molecule has 0 saturated carbocycles. The highest BCUT2D eigenvalue weighted by molar-refractivity contribution is 6.31. The lowest BCUT2D eigenvalue weighted by atomic mass is 10.1. The van der Waals surface area contributed by atoms with E-state index in [2.05, 4.69) is 25.9 Å². The molecule has 2 aromatic heterocycles. The van der Waals surface area contributed by atoms with Gasteiger partial charge < -0.3 is 0 Å². The fraction of sp³-hybridized carbons (Fsp3) is 0.444. The molecule has 0 bridgehead atoms. The van der Waals surface area contributed by atoms with Gasteiger partial charge in [-0.15, -0.1) is 0 Å². The molecule has 8 heteroatoms. The molecular weight excluding hydrogens is 242 g/mol. The van der Waals surface area contributed by atoms with Crippen molar-refractivity contribution in [1.29, 1.82) is 0 Å². The number of hydrogen-bond donors (Lipinski definition) is 3. The summed E-state index contributed by atoms with van der Waals surface area (Å²) in [6.07, 6.45) is 2.22. The summed E-state index contributed by atoms with van der Waals surface area (Å²) >= 11 is 6.18. The first-order chi connectivity index (χ1) is 8.13. The van der Waals surface area contributed by atoms with E-state index in [9.17, 15) is 0 Å². The summed E-state index contributed by atoms with van der Waals surface area (Å²) in [7, 11) is 1.85. The smallest absolute Gasteiger partial charge is 0.101 e. The van der Waals surface area contributed by atoms with Gasteiger partial charge in [-0.05, 0) is 6.92 Å². The van der Waals surface area contributed by atoms with Crippen LogP contribution in [0.15, 0.2) is 6.20 Å². The normalized spacial score (nSPS) is 12.9. The van der Waals surface area contributed by atoms with E-state index in [-0.39, 0.29) is 6.04 Å². The van der Waals surface area contributed by atoms with Crippen molar-refractivity contribution in [2.75, 3.05) is 0 Å². The van der Waals surface area contributed by atoms with Gasteiger partial charge in [0, 0.05) is 13.5 Å². The molecule has 0 aliphatic rings. The third-order valence-electron chi connectivity index (χ3n) is 2.65. The Bertz CT molecular complexity index is 490. The average Bonchev–Trinajstić information content (AvgIpc) is 2.89. The van der Waals surface area contributed by atoms with Gasteiger partial charge in [-0.2, -0.15) is 20.5 Å². The minimum absolute atomic E-state index is 0.152. The van der Waals surface area contributed by atoms with E-state index in [1.165, 1.54) is 0 Å². The molecule has 92 valence electrons. The lowest BCUT2D eigenvalue weighted by Gasteiger charge is -2.13. The van der Waals surface area contributed by atoms with Gasteiger partial charge in [0.05, 0.1) is 28.6 Å². The van der Waals surface area contributed by atoms with Crippen LogP contribution in [0.4, 0.5) is 0 Å². The van der Waals surface area contributed by atoms with Crippen molar-refractivity contribution in [2.45, 2.75) is 19.4 Å². The SMILES string of the molecule is Cc1nn(C)c(CC(NN)c2cn[nH]n2)c1Cl. The quantitative estimate of drug-likeness (QED) is 0.537. The molecule has 0 aliphatic carbocycles. The lowest BCUT2D eigenvalue weighted by molar-refractivity contribution is 0.517. The minimum atomic E-state index is -0.152. The van der Waals surface area contributed by atoms with Crippen LogP contribution >= 0.6 is 11.6 Å². The summed E-state index contributed by atoms with van der Waals surface area (Å²) in [6, 6.07) is -0.152. The Kier molecular flexibility index (Phi) is 3.41. The predicted octanol–water partition coefficient (Wildman–Crippen LogP) is 0.247. The van der Waals surface area contributed by atoms with Crippen molar-refractivity contribution in [3.05, 3.63) is 28.3 Å². The van der Waals surface area contributed by atoms with E-state index in [0.717, 1.165) is 17.1 Å². The first-order valence-corrected chi connectivity index (χ1v) is 5.51. The van der Waals surface area contributed by atoms with Crippen LogP contribution in [0.5, 0.6) is 0 Å². The van der Waals surface area contributed by atoms with Crippen LogP contribution in [-0.2, 0) is 13.5 Å². The van der Waals surface area contributed by atoms with Crippen LogP contribution in [0, 0.1) is 6.92 Å². The molecule has 0 fully saturated rings. The number of aromatic amines is 1. The molecule has 2 rings (SSSR count). The Morgan fingerprint density at radius 2 is 2.41 bits per heavy atom. The number of aromatic nitrogens is 5. The topological polar surface area (TPSA) is 97.4 Å². The van der Waals surface area contributed by atoms with Crippen LogP contribution in [0.2, 0.25) is 5.02 Å². The molecule has 0 radical (unpaired) electrons. The fourth-order valence-corrected chi connectivity index (χ4v) is 1.96. The number of rotatable bonds is 4. The van der Waals surface area contributed by atoms with Gasteiger partial charge in [-0.1, -0.05) is 11.6 Å². The Hall–Kier alpha value is -1.44. The molecule has 0 amide bonds. The fourth-order valence-electron chi connectivity index (χ4n) is 1.72. The molecule has 0 saturated heterocycles. The second-order valence-corrected chi connectivity index (χ2v) is 4.17. The lowest BCUT2D eigenvalue weighted by Crippen LogP contribution is -2.30. The summed E-state index contributed by atoms with van der Waals surface area (Å²) < 4.78 is 1.75. The van der Waals surface area contributed by atoms with Crippen LogP contribution in [0.25, 0.3) is 0 Å². The number of H-pyrrole nitrogens is 1. The van der Waals surface area contributed by atoms with Gasteiger partial charge in [-0.3, -0.25) is 16.0 Å². The zero-order valence-electron chi connectivity index (χ0n) is 9.61. The number of aryl methyl sites for hydroxylation is 2. The van der Waals surface area contributed by atoms with E-state index >= 15 is 0 Å². The summed E-state index contributed by atoms with van der Waals surface area (Å²) in [5.41, 5.74) is 5.15. The van der Waals surface area contributed by atoms with Gasteiger partial charge in [0.1, 0.15) is 5.69 Å². The van der Waals surface area contributed by atoms with Crippen molar-refractivity contribution in [2.24, 2.45) is 12.9 Å². The average molecular weight is 256 g/mol. The number of nitrogens with one attached hydrogen (secondary N) is 2. The zero-order chi connectivity index (χ0) is 12.4. The van der Waals surface area contributed by atoms with E-state index < -0.39 is 0 Å². The first-order valence-electron chi connectivity index (χ1n) is 5.13. The number of nitrogens with two attached hydrogens (primary N) is 1. The molecule has 0 aromatic carbocycles. The number of nitrogens with zero attached hydrogens (tertiary/aromatic N) is 4. The van der Waals surface area contributed by atoms with Crippen molar-refractivity contribution < 1.29 is 0 Å². The van der Waals surface area contributed by atoms with Crippen LogP contribution in [0.3, 0.4) is 0 Å². The van der Waals surface area contributed by atoms with E-state index in [0.29, 0.717) is 11.4 Å². The van der Waals surface area contributed by atoms with Crippen molar-refractivity contribution in [3.8, 4) is 0 Å². The predicted molar refractivity (Wildman–Crippen MR) is 63.1 cm³/mol. The van der Waals surface area contributed by atoms with Gasteiger partial charge in [0.15, 0.2) is 0 Å². The maximum Gasteiger partial charge on any atom is 0.101 e. The van der Waals surface area contributed by atoms with E-state index in [1.807, 2.05) is 14.0 Å². The first kappa shape index (κ1) is 12.0. The highest BCUT2D eigenvalue weighted by atomic mass is 35.5. The third kappa shape index (κ3) is 2.31. The zero-order valence-corrected chi connectivity index (χ0v) is 10.4. The van der Waals surface area contributed by atoms with Gasteiger partial charge >= 0.3 is 0 Å². The maximum absolute atomic E-state index is 6.18. The number of hydrogen-bond acceptors (Lipinski definition) is 5. The second-order valence-electron chi connectivity index (χ2n) is 3.79. The minimum Gasteiger partial charge on any atom is -0.271 e. The molecule has 7 nitrogen and oxygen atoms in total. The Morgan fingerprint density at radius 1 is 1.65 bits per heavy atom. The van der Waals surface area contributed by atoms with Crippen LogP contribution in [-0.4, -0.2) is 25.2 Å². The van der Waals surface area contributed by atoms with Gasteiger partial charge in [0.2, 0.25) is 0 Å². The van der Waals surface area contributed by atoms with E-state index in [4.69, 9.17) is 17.4 Å². The molecule has 1 atom stereocenters. The maximum atomic E-state index is 6.18. The van der Waals surface area contributed by atoms with Crippen LogP contribution < -0.4 is 11.3 Å². The summed E-state index contributed by atoms with van der Waals surface area (Å²) in [6.45, 7) is 1.87. The van der Waals surface area contributed by atoms with Gasteiger partial charge in [-0.25, -0.2) is 0 Å². The molecule has 0 aliphatic heterocycles. The second kappa shape index (κ2) is 4.82. The molecule has 2 aromatic rings. The molecular formula is C9H14ClN7. The van der Waals surface area contributed by atoms with Crippen molar-refractivity contribution in [3.63, 3.8) is 0 Å². The van der Waals surface area contributed by atoms with E-state index in [1.54, 1.807) is 10.9 Å². The van der Waals surface area contributed by atoms with Crippen molar-refractivity contribution in [1.82, 2.24) is 30.6 Å². The highest BCUT2D eigenvalue weighted by Gasteiger charge is 2.19. The molecule has 4 N–H and O–H groups in total. The highest BCUT2D eigenvalue weighted by Crippen LogP contribution is 2.24. The molecule has 1 unspecified atom stereocenters. The van der Waals surface area contributed by atoms with Gasteiger partial charge in [0.25, 0.3) is 0 Å². The third-order valence-corrected chi connectivity index (χ3v) is 3.14.